The summed E-state index contributed by atoms with van der Waals surface area (Å²) in [5, 5.41) is 12.9. The van der Waals surface area contributed by atoms with Gasteiger partial charge in [0.2, 0.25) is 0 Å². The number of benzene rings is 1. The molecule has 2 aromatic heterocycles. The first kappa shape index (κ1) is 18.7. The SMILES string of the molecule is N#CC(=Cc1ccc(-c2ccc(Cl)cc2Cl)o1)C(=O)NCc1cccnc1. The van der Waals surface area contributed by atoms with Gasteiger partial charge >= 0.3 is 0 Å². The van der Waals surface area contributed by atoms with E-state index in [0.29, 0.717) is 27.1 Å². The van der Waals surface area contributed by atoms with Gasteiger partial charge in [-0.25, -0.2) is 0 Å². The molecule has 0 unspecified atom stereocenters. The second kappa shape index (κ2) is 8.54. The Morgan fingerprint density at radius 2 is 2.11 bits per heavy atom. The highest BCUT2D eigenvalue weighted by Crippen LogP contribution is 2.31. The van der Waals surface area contributed by atoms with Crippen molar-refractivity contribution in [3.05, 3.63) is 81.8 Å². The van der Waals surface area contributed by atoms with Crippen LogP contribution in [-0.4, -0.2) is 10.9 Å². The number of carbonyl (C=O) groups is 1. The van der Waals surface area contributed by atoms with Crippen LogP contribution in [0.4, 0.5) is 0 Å². The Labute approximate surface area is 165 Å². The van der Waals surface area contributed by atoms with E-state index in [1.165, 1.54) is 6.08 Å². The van der Waals surface area contributed by atoms with Gasteiger partial charge in [-0.2, -0.15) is 5.26 Å². The molecule has 0 aliphatic heterocycles. The second-order valence-electron chi connectivity index (χ2n) is 5.54. The third-order valence-electron chi connectivity index (χ3n) is 3.65. The summed E-state index contributed by atoms with van der Waals surface area (Å²) >= 11 is 12.1. The molecule has 0 aliphatic rings. The summed E-state index contributed by atoms with van der Waals surface area (Å²) in [7, 11) is 0. The fourth-order valence-electron chi connectivity index (χ4n) is 2.34. The molecule has 0 spiro atoms. The Kier molecular flexibility index (Phi) is 5.92. The zero-order valence-electron chi connectivity index (χ0n) is 13.9. The van der Waals surface area contributed by atoms with E-state index in [0.717, 1.165) is 5.56 Å². The maximum Gasteiger partial charge on any atom is 0.262 e. The number of halogens is 2. The number of hydrogen-bond acceptors (Lipinski definition) is 4. The monoisotopic (exact) mass is 397 g/mol. The maximum atomic E-state index is 12.2. The van der Waals surface area contributed by atoms with Crippen molar-refractivity contribution < 1.29 is 9.21 Å². The Morgan fingerprint density at radius 1 is 1.26 bits per heavy atom. The third-order valence-corrected chi connectivity index (χ3v) is 4.20. The van der Waals surface area contributed by atoms with E-state index in [2.05, 4.69) is 10.3 Å². The first-order chi connectivity index (χ1) is 13.1. The molecule has 27 heavy (non-hydrogen) atoms. The van der Waals surface area contributed by atoms with Crippen LogP contribution in [0.15, 0.2) is 64.8 Å². The number of amides is 1. The average molecular weight is 398 g/mol. The Hall–Kier alpha value is -3.07. The van der Waals surface area contributed by atoms with E-state index >= 15 is 0 Å². The first-order valence-electron chi connectivity index (χ1n) is 7.91. The fraction of sp³-hybridized carbons (Fsp3) is 0.0500. The summed E-state index contributed by atoms with van der Waals surface area (Å²) in [6, 6.07) is 13.9. The number of rotatable bonds is 5. The van der Waals surface area contributed by atoms with Crippen molar-refractivity contribution in [3.8, 4) is 17.4 Å². The summed E-state index contributed by atoms with van der Waals surface area (Å²) in [5.74, 6) is 0.379. The van der Waals surface area contributed by atoms with Crippen LogP contribution in [0.25, 0.3) is 17.4 Å². The fourth-order valence-corrected chi connectivity index (χ4v) is 2.84. The molecule has 0 saturated carbocycles. The molecule has 5 nitrogen and oxygen atoms in total. The second-order valence-corrected chi connectivity index (χ2v) is 6.38. The van der Waals surface area contributed by atoms with Crippen LogP contribution in [-0.2, 0) is 11.3 Å². The minimum absolute atomic E-state index is 0.0676. The molecule has 3 aromatic rings. The molecule has 1 aromatic carbocycles. The smallest absolute Gasteiger partial charge is 0.262 e. The molecule has 0 bridgehead atoms. The van der Waals surface area contributed by atoms with Crippen molar-refractivity contribution in [1.82, 2.24) is 10.3 Å². The molecular formula is C20H13Cl2N3O2. The molecule has 0 saturated heterocycles. The van der Waals surface area contributed by atoms with Crippen LogP contribution >= 0.6 is 23.2 Å². The van der Waals surface area contributed by atoms with Crippen molar-refractivity contribution in [3.63, 3.8) is 0 Å². The molecule has 2 heterocycles. The van der Waals surface area contributed by atoms with Gasteiger partial charge in [-0.1, -0.05) is 29.3 Å². The van der Waals surface area contributed by atoms with Gasteiger partial charge in [0.25, 0.3) is 5.91 Å². The number of pyridine rings is 1. The zero-order chi connectivity index (χ0) is 19.2. The van der Waals surface area contributed by atoms with Crippen LogP contribution < -0.4 is 5.32 Å². The highest BCUT2D eigenvalue weighted by atomic mass is 35.5. The number of nitrogens with one attached hydrogen (secondary N) is 1. The Morgan fingerprint density at radius 3 is 2.81 bits per heavy atom. The molecule has 7 heteroatoms. The molecule has 1 N–H and O–H groups in total. The molecule has 1 amide bonds. The van der Waals surface area contributed by atoms with Crippen LogP contribution in [0.5, 0.6) is 0 Å². The van der Waals surface area contributed by atoms with E-state index in [9.17, 15) is 10.1 Å². The zero-order valence-corrected chi connectivity index (χ0v) is 15.5. The van der Waals surface area contributed by atoms with Gasteiger partial charge < -0.3 is 9.73 Å². The molecule has 0 fully saturated rings. The topological polar surface area (TPSA) is 78.9 Å². The molecule has 0 aliphatic carbocycles. The van der Waals surface area contributed by atoms with Crippen molar-refractivity contribution in [2.45, 2.75) is 6.54 Å². The lowest BCUT2D eigenvalue weighted by Crippen LogP contribution is -2.23. The quantitative estimate of drug-likeness (QED) is 0.491. The van der Waals surface area contributed by atoms with Crippen LogP contribution in [0.2, 0.25) is 10.0 Å². The highest BCUT2D eigenvalue weighted by Gasteiger charge is 2.12. The number of nitrogens with zero attached hydrogens (tertiary/aromatic N) is 2. The Balaban J connectivity index is 1.75. The summed E-state index contributed by atoms with van der Waals surface area (Å²) in [5.41, 5.74) is 1.43. The number of hydrogen-bond donors (Lipinski definition) is 1. The minimum atomic E-state index is -0.496. The summed E-state index contributed by atoms with van der Waals surface area (Å²) in [6.07, 6.45) is 4.67. The van der Waals surface area contributed by atoms with E-state index in [4.69, 9.17) is 27.6 Å². The number of nitriles is 1. The van der Waals surface area contributed by atoms with Gasteiger partial charge in [0.1, 0.15) is 23.2 Å². The third kappa shape index (κ3) is 4.76. The summed E-state index contributed by atoms with van der Waals surface area (Å²) < 4.78 is 5.69. The van der Waals surface area contributed by atoms with E-state index in [1.54, 1.807) is 48.8 Å². The lowest BCUT2D eigenvalue weighted by Gasteiger charge is -2.03. The molecule has 134 valence electrons. The number of aromatic nitrogens is 1. The van der Waals surface area contributed by atoms with Gasteiger partial charge in [-0.15, -0.1) is 0 Å². The first-order valence-corrected chi connectivity index (χ1v) is 8.66. The van der Waals surface area contributed by atoms with Crippen molar-refractivity contribution in [1.29, 1.82) is 5.26 Å². The normalized spacial score (nSPS) is 11.1. The van der Waals surface area contributed by atoms with Crippen molar-refractivity contribution >= 4 is 35.2 Å². The summed E-state index contributed by atoms with van der Waals surface area (Å²) in [4.78, 5) is 16.2. The predicted octanol–water partition coefficient (Wildman–Crippen LogP) is 4.87. The number of furan rings is 1. The average Bonchev–Trinajstić information content (AvgIpc) is 3.13. The van der Waals surface area contributed by atoms with E-state index < -0.39 is 5.91 Å². The van der Waals surface area contributed by atoms with Crippen molar-refractivity contribution in [2.75, 3.05) is 0 Å². The van der Waals surface area contributed by atoms with Gasteiger partial charge in [0, 0.05) is 35.6 Å². The van der Waals surface area contributed by atoms with Gasteiger partial charge in [0.05, 0.1) is 5.02 Å². The van der Waals surface area contributed by atoms with Gasteiger partial charge in [-0.05, 0) is 42.0 Å². The molecule has 0 radical (unpaired) electrons. The predicted molar refractivity (Wildman–Crippen MR) is 104 cm³/mol. The number of carbonyl (C=O) groups excluding carboxylic acids is 1. The van der Waals surface area contributed by atoms with Crippen molar-refractivity contribution in [2.24, 2.45) is 0 Å². The maximum absolute atomic E-state index is 12.2. The molecule has 0 atom stereocenters. The van der Waals surface area contributed by atoms with Crippen LogP contribution in [0.3, 0.4) is 0 Å². The lowest BCUT2D eigenvalue weighted by atomic mass is 10.2. The minimum Gasteiger partial charge on any atom is -0.457 e. The van der Waals surface area contributed by atoms with Gasteiger partial charge in [-0.3, -0.25) is 9.78 Å². The standard InChI is InChI=1S/C20H13Cl2N3O2/c21-15-3-5-17(18(22)9-15)19-6-4-16(27-19)8-14(10-23)20(26)25-12-13-2-1-7-24-11-13/h1-9,11H,12H2,(H,25,26). The van der Waals surface area contributed by atoms with Gasteiger partial charge in [0.15, 0.2) is 0 Å². The summed E-state index contributed by atoms with van der Waals surface area (Å²) in [6.45, 7) is 0.273. The molecular weight excluding hydrogens is 385 g/mol. The van der Waals surface area contributed by atoms with E-state index in [1.807, 2.05) is 12.1 Å². The molecule has 3 rings (SSSR count). The van der Waals surface area contributed by atoms with Crippen LogP contribution in [0.1, 0.15) is 11.3 Å². The largest absolute Gasteiger partial charge is 0.457 e. The van der Waals surface area contributed by atoms with E-state index in [-0.39, 0.29) is 12.1 Å². The highest BCUT2D eigenvalue weighted by molar-refractivity contribution is 6.36. The van der Waals surface area contributed by atoms with Crippen LogP contribution in [0, 0.1) is 11.3 Å². The Bertz CT molecular complexity index is 1040. The lowest BCUT2D eigenvalue weighted by molar-refractivity contribution is -0.117.